The lowest BCUT2D eigenvalue weighted by Crippen LogP contribution is -2.30. The first kappa shape index (κ1) is 13.5. The minimum atomic E-state index is -0.190. The van der Waals surface area contributed by atoms with E-state index in [1.165, 1.54) is 17.8 Å². The quantitative estimate of drug-likeness (QED) is 0.780. The van der Waals surface area contributed by atoms with Gasteiger partial charge in [0.2, 0.25) is 0 Å². The van der Waals surface area contributed by atoms with E-state index in [4.69, 9.17) is 10.5 Å². The van der Waals surface area contributed by atoms with Crippen LogP contribution >= 0.6 is 11.8 Å². The molecule has 1 unspecified atom stereocenters. The molecule has 0 aliphatic heterocycles. The van der Waals surface area contributed by atoms with Gasteiger partial charge in [0.1, 0.15) is 5.82 Å². The van der Waals surface area contributed by atoms with E-state index in [-0.39, 0.29) is 18.0 Å². The second-order valence-corrected chi connectivity index (χ2v) is 4.95. The topological polar surface area (TPSA) is 35.2 Å². The number of benzene rings is 1. The molecule has 0 amide bonds. The number of hydrogen-bond acceptors (Lipinski definition) is 3. The van der Waals surface area contributed by atoms with Crippen molar-refractivity contribution in [3.05, 3.63) is 30.1 Å². The molecule has 0 aliphatic carbocycles. The molecule has 1 atom stereocenters. The van der Waals surface area contributed by atoms with Crippen LogP contribution in [-0.4, -0.2) is 24.5 Å². The Morgan fingerprint density at radius 1 is 1.38 bits per heavy atom. The van der Waals surface area contributed by atoms with Crippen LogP contribution in [0.2, 0.25) is 0 Å². The van der Waals surface area contributed by atoms with Gasteiger partial charge >= 0.3 is 0 Å². The van der Waals surface area contributed by atoms with Gasteiger partial charge < -0.3 is 10.5 Å². The van der Waals surface area contributed by atoms with Crippen molar-refractivity contribution in [1.82, 2.24) is 0 Å². The Balaban J connectivity index is 2.31. The minimum Gasteiger partial charge on any atom is -0.377 e. The molecule has 0 heterocycles. The van der Waals surface area contributed by atoms with E-state index in [1.54, 1.807) is 12.1 Å². The van der Waals surface area contributed by atoms with E-state index >= 15 is 0 Å². The highest BCUT2D eigenvalue weighted by Gasteiger charge is 2.07. The van der Waals surface area contributed by atoms with E-state index in [1.807, 2.05) is 19.9 Å². The average Bonchev–Trinajstić information content (AvgIpc) is 2.25. The third-order valence-electron chi connectivity index (χ3n) is 1.93. The summed E-state index contributed by atoms with van der Waals surface area (Å²) in [6.07, 6.45) is 0.185. The fraction of sp³-hybridized carbons (Fsp3) is 0.500. The first-order chi connectivity index (χ1) is 7.59. The molecule has 1 aromatic rings. The smallest absolute Gasteiger partial charge is 0.136 e. The van der Waals surface area contributed by atoms with Crippen LogP contribution in [0.1, 0.15) is 13.8 Å². The van der Waals surface area contributed by atoms with Crippen molar-refractivity contribution in [3.8, 4) is 0 Å². The third kappa shape index (κ3) is 4.96. The molecule has 0 saturated heterocycles. The predicted octanol–water partition coefficient (Wildman–Crippen LogP) is 2.67. The van der Waals surface area contributed by atoms with Gasteiger partial charge in [-0.25, -0.2) is 4.39 Å². The zero-order valence-corrected chi connectivity index (χ0v) is 10.5. The van der Waals surface area contributed by atoms with Crippen LogP contribution < -0.4 is 5.73 Å². The molecule has 0 aliphatic rings. The number of rotatable bonds is 6. The van der Waals surface area contributed by atoms with E-state index in [9.17, 15) is 4.39 Å². The highest BCUT2D eigenvalue weighted by molar-refractivity contribution is 7.99. The highest BCUT2D eigenvalue weighted by Crippen LogP contribution is 2.21. The summed E-state index contributed by atoms with van der Waals surface area (Å²) in [5.74, 6) is 0.470. The molecular weight excluding hydrogens is 225 g/mol. The first-order valence-corrected chi connectivity index (χ1v) is 6.32. The summed E-state index contributed by atoms with van der Waals surface area (Å²) in [6.45, 7) is 4.45. The summed E-state index contributed by atoms with van der Waals surface area (Å²) >= 11 is 1.43. The van der Waals surface area contributed by atoms with Crippen LogP contribution in [0.5, 0.6) is 0 Å². The van der Waals surface area contributed by atoms with Crippen molar-refractivity contribution in [3.63, 3.8) is 0 Å². The lowest BCUT2D eigenvalue weighted by Gasteiger charge is -2.14. The fourth-order valence-electron chi connectivity index (χ4n) is 1.12. The van der Waals surface area contributed by atoms with Gasteiger partial charge in [0.25, 0.3) is 0 Å². The van der Waals surface area contributed by atoms with Gasteiger partial charge in [0.15, 0.2) is 0 Å². The van der Waals surface area contributed by atoms with Gasteiger partial charge in [-0.15, -0.1) is 11.8 Å². The maximum atomic E-state index is 13.3. The van der Waals surface area contributed by atoms with Crippen molar-refractivity contribution in [1.29, 1.82) is 0 Å². The summed E-state index contributed by atoms with van der Waals surface area (Å²) in [6, 6.07) is 6.66. The third-order valence-corrected chi connectivity index (χ3v) is 3.17. The highest BCUT2D eigenvalue weighted by atomic mass is 32.2. The van der Waals surface area contributed by atoms with Crippen molar-refractivity contribution in [2.45, 2.75) is 30.9 Å². The van der Waals surface area contributed by atoms with Gasteiger partial charge in [-0.05, 0) is 26.0 Å². The average molecular weight is 243 g/mol. The Bertz CT molecular complexity index is 320. The number of ether oxygens (including phenoxy) is 1. The first-order valence-electron chi connectivity index (χ1n) is 5.34. The fourth-order valence-corrected chi connectivity index (χ4v) is 1.99. The molecule has 2 N–H and O–H groups in total. The molecule has 0 bridgehead atoms. The second kappa shape index (κ2) is 6.89. The van der Waals surface area contributed by atoms with Crippen LogP contribution in [0, 0.1) is 5.82 Å². The summed E-state index contributed by atoms with van der Waals surface area (Å²) in [4.78, 5) is 0.641. The molecule has 0 fully saturated rings. The van der Waals surface area contributed by atoms with Gasteiger partial charge in [-0.3, -0.25) is 0 Å². The molecule has 0 radical (unpaired) electrons. The van der Waals surface area contributed by atoms with Gasteiger partial charge in [0, 0.05) is 16.7 Å². The molecule has 0 aromatic heterocycles. The number of nitrogens with two attached hydrogens (primary N) is 1. The Kier molecular flexibility index (Phi) is 5.80. The van der Waals surface area contributed by atoms with Gasteiger partial charge in [-0.1, -0.05) is 12.1 Å². The molecule has 16 heavy (non-hydrogen) atoms. The summed E-state index contributed by atoms with van der Waals surface area (Å²) < 4.78 is 18.7. The van der Waals surface area contributed by atoms with Crippen molar-refractivity contribution in [2.24, 2.45) is 5.73 Å². The Morgan fingerprint density at radius 2 is 2.06 bits per heavy atom. The Morgan fingerprint density at radius 3 is 2.69 bits per heavy atom. The molecule has 4 heteroatoms. The molecule has 1 rings (SSSR count). The SMILES string of the molecule is CC(C)OCC(N)CSc1ccccc1F. The lowest BCUT2D eigenvalue weighted by molar-refractivity contribution is 0.0719. The van der Waals surface area contributed by atoms with Crippen LogP contribution in [0.3, 0.4) is 0 Å². The van der Waals surface area contributed by atoms with Crippen LogP contribution in [0.4, 0.5) is 4.39 Å². The van der Waals surface area contributed by atoms with Crippen LogP contribution in [0.15, 0.2) is 29.2 Å². The number of thioether (sulfide) groups is 1. The normalized spacial score (nSPS) is 13.1. The summed E-state index contributed by atoms with van der Waals surface area (Å²) in [7, 11) is 0. The van der Waals surface area contributed by atoms with Crippen LogP contribution in [0.25, 0.3) is 0 Å². The lowest BCUT2D eigenvalue weighted by atomic mass is 10.3. The number of halogens is 1. The van der Waals surface area contributed by atoms with Gasteiger partial charge in [-0.2, -0.15) is 0 Å². The van der Waals surface area contributed by atoms with E-state index in [2.05, 4.69) is 0 Å². The maximum absolute atomic E-state index is 13.3. The van der Waals surface area contributed by atoms with Crippen molar-refractivity contribution < 1.29 is 9.13 Å². The summed E-state index contributed by atoms with van der Waals surface area (Å²) in [5, 5.41) is 0. The minimum absolute atomic E-state index is 0.0630. The predicted molar refractivity (Wildman–Crippen MR) is 66.2 cm³/mol. The van der Waals surface area contributed by atoms with Gasteiger partial charge in [0.05, 0.1) is 12.7 Å². The van der Waals surface area contributed by atoms with Crippen LogP contribution in [-0.2, 0) is 4.74 Å². The molecule has 0 spiro atoms. The molecule has 1 aromatic carbocycles. The maximum Gasteiger partial charge on any atom is 0.136 e. The van der Waals surface area contributed by atoms with E-state index in [0.29, 0.717) is 17.3 Å². The summed E-state index contributed by atoms with van der Waals surface area (Å²) in [5.41, 5.74) is 5.85. The largest absolute Gasteiger partial charge is 0.377 e. The molecule has 2 nitrogen and oxygen atoms in total. The van der Waals surface area contributed by atoms with Crippen molar-refractivity contribution >= 4 is 11.8 Å². The molecular formula is C12H18FNOS. The monoisotopic (exact) mass is 243 g/mol. The standard InChI is InChI=1S/C12H18FNOS/c1-9(2)15-7-10(14)8-16-12-6-4-3-5-11(12)13/h3-6,9-10H,7-8,14H2,1-2H3. The number of hydrogen-bond donors (Lipinski definition) is 1. The zero-order valence-electron chi connectivity index (χ0n) is 9.65. The van der Waals surface area contributed by atoms with E-state index < -0.39 is 0 Å². The Labute approximate surface area is 100 Å². The molecule has 90 valence electrons. The second-order valence-electron chi connectivity index (χ2n) is 3.88. The zero-order chi connectivity index (χ0) is 12.0. The molecule has 0 saturated carbocycles. The van der Waals surface area contributed by atoms with Crippen molar-refractivity contribution in [2.75, 3.05) is 12.4 Å². The Hall–Kier alpha value is -0.580. The van der Waals surface area contributed by atoms with E-state index in [0.717, 1.165) is 0 Å².